The molecule has 1 amide bonds. The number of nitrogens with one attached hydrogen (secondary N) is 1. The zero-order valence-electron chi connectivity index (χ0n) is 16.2. The molecule has 1 aliphatic carbocycles. The quantitative estimate of drug-likeness (QED) is 0.567. The summed E-state index contributed by atoms with van der Waals surface area (Å²) in [7, 11) is 0. The summed E-state index contributed by atoms with van der Waals surface area (Å²) >= 11 is 5.61. The number of hydrogen-bond donors (Lipinski definition) is 1. The Morgan fingerprint density at radius 2 is 1.83 bits per heavy atom. The number of nitrogens with zero attached hydrogens (tertiary/aromatic N) is 1. The summed E-state index contributed by atoms with van der Waals surface area (Å²) in [6.45, 7) is -0.0606. The smallest absolute Gasteiger partial charge is 0.417 e. The first-order valence-corrected chi connectivity index (χ1v) is 10.1. The summed E-state index contributed by atoms with van der Waals surface area (Å²) in [6.07, 6.45) is 2.44. The van der Waals surface area contributed by atoms with E-state index in [2.05, 4.69) is 10.3 Å². The molecule has 0 heterocycles. The second-order valence-electron chi connectivity index (χ2n) is 7.18. The van der Waals surface area contributed by atoms with Crippen LogP contribution in [-0.4, -0.2) is 24.8 Å². The molecule has 2 aromatic rings. The van der Waals surface area contributed by atoms with Crippen LogP contribution in [0.25, 0.3) is 0 Å². The molecule has 2 aromatic carbocycles. The number of hydrogen-bond acceptors (Lipinski definition) is 3. The van der Waals surface area contributed by atoms with Crippen LogP contribution in [0.5, 0.6) is 5.75 Å². The van der Waals surface area contributed by atoms with Gasteiger partial charge in [0.1, 0.15) is 5.75 Å². The molecule has 3 rings (SSSR count). The fourth-order valence-electron chi connectivity index (χ4n) is 3.28. The Morgan fingerprint density at radius 1 is 1.13 bits per heavy atom. The number of amides is 1. The van der Waals surface area contributed by atoms with E-state index in [0.717, 1.165) is 31.7 Å². The van der Waals surface area contributed by atoms with Gasteiger partial charge in [-0.2, -0.15) is 13.2 Å². The maximum absolute atomic E-state index is 12.9. The molecule has 160 valence electrons. The van der Waals surface area contributed by atoms with Crippen LogP contribution in [0.1, 0.15) is 43.2 Å². The number of aliphatic imine (C=N–C) groups is 1. The zero-order chi connectivity index (χ0) is 21.6. The highest BCUT2D eigenvalue weighted by atomic mass is 35.5. The summed E-state index contributed by atoms with van der Waals surface area (Å²) in [6, 6.07) is 10.5. The van der Waals surface area contributed by atoms with Gasteiger partial charge in [0, 0.05) is 12.3 Å². The third-order valence-electron chi connectivity index (χ3n) is 4.84. The van der Waals surface area contributed by atoms with Crippen LogP contribution in [0.15, 0.2) is 47.5 Å². The van der Waals surface area contributed by atoms with E-state index in [4.69, 9.17) is 16.3 Å². The molecule has 30 heavy (non-hydrogen) atoms. The van der Waals surface area contributed by atoms with E-state index >= 15 is 0 Å². The van der Waals surface area contributed by atoms with Crippen LogP contribution in [-0.2, 0) is 11.0 Å². The van der Waals surface area contributed by atoms with E-state index in [1.54, 1.807) is 24.3 Å². The van der Waals surface area contributed by atoms with Crippen LogP contribution in [0.4, 0.5) is 18.9 Å². The molecule has 0 radical (unpaired) electrons. The minimum absolute atomic E-state index is 0.0606. The number of ether oxygens (including phenoxy) is 1. The molecular formula is C22H22ClF3N2O2. The van der Waals surface area contributed by atoms with E-state index in [1.165, 1.54) is 24.8 Å². The average molecular weight is 439 g/mol. The minimum atomic E-state index is -4.54. The molecular weight excluding hydrogens is 417 g/mol. The maximum atomic E-state index is 12.9. The van der Waals surface area contributed by atoms with E-state index in [-0.39, 0.29) is 29.3 Å². The van der Waals surface area contributed by atoms with E-state index in [1.807, 2.05) is 0 Å². The second-order valence-corrected chi connectivity index (χ2v) is 7.59. The van der Waals surface area contributed by atoms with Crippen LogP contribution in [0, 0.1) is 0 Å². The number of carbonyl (C=O) groups is 1. The van der Waals surface area contributed by atoms with Gasteiger partial charge in [-0.25, -0.2) is 0 Å². The fraction of sp³-hybridized carbons (Fsp3) is 0.364. The van der Waals surface area contributed by atoms with Crippen molar-refractivity contribution in [3.05, 3.63) is 58.6 Å². The number of halogens is 4. The Labute approximate surface area is 178 Å². The highest BCUT2D eigenvalue weighted by Gasteiger charge is 2.33. The van der Waals surface area contributed by atoms with Gasteiger partial charge in [0.25, 0.3) is 5.91 Å². The molecule has 0 spiro atoms. The second kappa shape index (κ2) is 9.98. The van der Waals surface area contributed by atoms with Gasteiger partial charge >= 0.3 is 6.18 Å². The lowest BCUT2D eigenvalue weighted by molar-refractivity contribution is -0.137. The van der Waals surface area contributed by atoms with Gasteiger partial charge in [-0.05, 0) is 60.9 Å². The zero-order valence-corrected chi connectivity index (χ0v) is 17.0. The summed E-state index contributed by atoms with van der Waals surface area (Å²) < 4.78 is 44.3. The number of rotatable bonds is 6. The van der Waals surface area contributed by atoms with Crippen LogP contribution < -0.4 is 10.1 Å². The molecule has 1 saturated carbocycles. The standard InChI is InChI=1S/C22H22ClF3N2O2/c23-20-11-8-17(12-19(20)22(24,25)26)27-13-15-6-9-18(10-7-15)30-14-21(29)28-16-4-2-1-3-5-16/h6-13,16H,1-5,14H2,(H,28,29). The Hall–Kier alpha value is -2.54. The lowest BCUT2D eigenvalue weighted by Gasteiger charge is -2.22. The maximum Gasteiger partial charge on any atom is 0.417 e. The van der Waals surface area contributed by atoms with Gasteiger partial charge in [-0.15, -0.1) is 0 Å². The molecule has 0 aliphatic heterocycles. The number of alkyl halides is 3. The fourth-order valence-corrected chi connectivity index (χ4v) is 3.50. The van der Waals surface area contributed by atoms with Crippen molar-refractivity contribution in [2.45, 2.75) is 44.3 Å². The molecule has 0 bridgehead atoms. The predicted molar refractivity (Wildman–Crippen MR) is 111 cm³/mol. The van der Waals surface area contributed by atoms with Crippen molar-refractivity contribution in [3.8, 4) is 5.75 Å². The molecule has 1 fully saturated rings. The Kier molecular flexibility index (Phi) is 7.37. The highest BCUT2D eigenvalue weighted by molar-refractivity contribution is 6.31. The molecule has 0 atom stereocenters. The Balaban J connectivity index is 1.53. The van der Waals surface area contributed by atoms with Crippen LogP contribution in [0.3, 0.4) is 0 Å². The van der Waals surface area contributed by atoms with Crippen molar-refractivity contribution >= 4 is 29.4 Å². The predicted octanol–water partition coefficient (Wildman–Crippen LogP) is 5.94. The van der Waals surface area contributed by atoms with Crippen LogP contribution in [0.2, 0.25) is 5.02 Å². The number of carbonyl (C=O) groups excluding carboxylic acids is 1. The molecule has 0 unspecified atom stereocenters. The van der Waals surface area contributed by atoms with Gasteiger partial charge in [0.05, 0.1) is 16.3 Å². The van der Waals surface area contributed by atoms with Crippen molar-refractivity contribution in [3.63, 3.8) is 0 Å². The number of benzene rings is 2. The Bertz CT molecular complexity index is 892. The van der Waals surface area contributed by atoms with Gasteiger partial charge in [0.15, 0.2) is 6.61 Å². The molecule has 1 N–H and O–H groups in total. The molecule has 4 nitrogen and oxygen atoms in total. The first-order valence-electron chi connectivity index (χ1n) is 9.74. The molecule has 8 heteroatoms. The lowest BCUT2D eigenvalue weighted by atomic mass is 9.95. The highest BCUT2D eigenvalue weighted by Crippen LogP contribution is 2.36. The van der Waals surface area contributed by atoms with Gasteiger partial charge in [-0.3, -0.25) is 9.79 Å². The largest absolute Gasteiger partial charge is 0.484 e. The summed E-state index contributed by atoms with van der Waals surface area (Å²) in [5.41, 5.74) is -0.0991. The first kappa shape index (κ1) is 22.2. The van der Waals surface area contributed by atoms with Crippen molar-refractivity contribution < 1.29 is 22.7 Å². The third-order valence-corrected chi connectivity index (χ3v) is 5.17. The summed E-state index contributed by atoms with van der Waals surface area (Å²) in [5.74, 6) is 0.382. The monoisotopic (exact) mass is 438 g/mol. The SMILES string of the molecule is O=C(COc1ccc(C=Nc2ccc(Cl)c(C(F)(F)F)c2)cc1)NC1CCCCC1. The average Bonchev–Trinajstić information content (AvgIpc) is 2.72. The first-order chi connectivity index (χ1) is 14.3. The van der Waals surface area contributed by atoms with Crippen molar-refractivity contribution in [1.82, 2.24) is 5.32 Å². The van der Waals surface area contributed by atoms with Gasteiger partial charge in [0.2, 0.25) is 0 Å². The van der Waals surface area contributed by atoms with Gasteiger partial charge in [-0.1, -0.05) is 30.9 Å². The van der Waals surface area contributed by atoms with Crippen LogP contribution >= 0.6 is 11.6 Å². The Morgan fingerprint density at radius 3 is 2.50 bits per heavy atom. The molecule has 0 saturated heterocycles. The minimum Gasteiger partial charge on any atom is -0.484 e. The van der Waals surface area contributed by atoms with Gasteiger partial charge < -0.3 is 10.1 Å². The molecule has 1 aliphatic rings. The summed E-state index contributed by atoms with van der Waals surface area (Å²) in [5, 5.41) is 2.62. The topological polar surface area (TPSA) is 50.7 Å². The van der Waals surface area contributed by atoms with Crippen molar-refractivity contribution in [2.24, 2.45) is 4.99 Å². The summed E-state index contributed by atoms with van der Waals surface area (Å²) in [4.78, 5) is 16.1. The normalized spacial score (nSPS) is 15.3. The van der Waals surface area contributed by atoms with E-state index in [0.29, 0.717) is 11.3 Å². The molecule has 0 aromatic heterocycles. The van der Waals surface area contributed by atoms with E-state index < -0.39 is 11.7 Å². The van der Waals surface area contributed by atoms with Crippen molar-refractivity contribution in [2.75, 3.05) is 6.61 Å². The third kappa shape index (κ3) is 6.49. The van der Waals surface area contributed by atoms with Crippen molar-refractivity contribution in [1.29, 1.82) is 0 Å². The van der Waals surface area contributed by atoms with E-state index in [9.17, 15) is 18.0 Å². The lowest BCUT2D eigenvalue weighted by Crippen LogP contribution is -2.38.